The average molecular weight is 848 g/mol. The van der Waals surface area contributed by atoms with Crippen molar-refractivity contribution in [2.75, 3.05) is 23.1 Å². The minimum absolute atomic E-state index is 0.0618. The molecule has 0 saturated heterocycles. The number of nitrogens with two attached hydrogens (primary N) is 4. The fourth-order valence-electron chi connectivity index (χ4n) is 4.45. The smallest absolute Gasteiger partial charge is 0.337 e. The summed E-state index contributed by atoms with van der Waals surface area (Å²) in [7, 11) is 0. The van der Waals surface area contributed by atoms with Crippen molar-refractivity contribution in [3.63, 3.8) is 0 Å². The molecule has 3 aromatic rings. The molecule has 3 aromatic carbocycles. The van der Waals surface area contributed by atoms with E-state index in [4.69, 9.17) is 53.6 Å². The lowest BCUT2D eigenvalue weighted by Gasteiger charge is -2.17. The lowest BCUT2D eigenvalue weighted by Crippen LogP contribution is -2.32. The second kappa shape index (κ2) is 28.9. The first-order chi connectivity index (χ1) is 27.3. The molecule has 318 valence electrons. The van der Waals surface area contributed by atoms with E-state index in [2.05, 4.69) is 30.1 Å². The number of fused-ring (bicyclic) bond motifs is 1. The van der Waals surface area contributed by atoms with Crippen LogP contribution in [0, 0.1) is 0 Å². The van der Waals surface area contributed by atoms with Crippen LogP contribution in [0.5, 0.6) is 0 Å². The van der Waals surface area contributed by atoms with Crippen molar-refractivity contribution < 1.29 is 59.4 Å². The Labute approximate surface area is 345 Å². The molecule has 0 radical (unpaired) electrons. The maximum absolute atomic E-state index is 11.1. The third-order valence-electron chi connectivity index (χ3n) is 7.69. The summed E-state index contributed by atoms with van der Waals surface area (Å²) in [6, 6.07) is 21.4. The van der Waals surface area contributed by atoms with Crippen molar-refractivity contribution in [3.8, 4) is 0 Å². The standard InChI is InChI=1S/C15H15NO2.C12H13NO2.C5H11NO2S.C4H7NO4.C3H7NO2S/c1-11(12-7-3-2-4-8-12)16-14-10-6-5-9-13(14)15(17)18;13-11(12(14)15)7-9-6-5-8-3-1-2-4-10(8)9;1-9-3-2-4(6)5(7)8;5-2(4(8)9)1-3(6)7;4-2(1-7)3(5)6/h2-11,16H,1H3,(H,17,18);1-4,6,11H,5,7,13H2,(H,14,15);4H,2-3,6H2,1H3,(H,7,8);2H,1,5H2,(H,6,7)(H,8,9);2,7H,1,4H2,(H,5,6). The molecule has 15 N–H and O–H groups in total. The molecule has 0 aliphatic heterocycles. The highest BCUT2D eigenvalue weighted by molar-refractivity contribution is 7.98. The SMILES string of the molecule is CC(Nc1ccccc1C(=O)O)c1ccccc1.CSCCC(N)C(=O)O.NC(CC(=O)O)C(=O)O.NC(CC1=CCc2ccccc21)C(=O)O.NC(CS)C(=O)O. The summed E-state index contributed by atoms with van der Waals surface area (Å²) in [5.74, 6) is -5.28. The molecule has 17 nitrogen and oxygen atoms in total. The zero-order valence-corrected chi connectivity index (χ0v) is 33.7. The van der Waals surface area contributed by atoms with Gasteiger partial charge in [0, 0.05) is 17.5 Å². The Morgan fingerprint density at radius 2 is 1.22 bits per heavy atom. The quantitative estimate of drug-likeness (QED) is 0.0920. The van der Waals surface area contributed by atoms with Crippen LogP contribution in [0.4, 0.5) is 5.69 Å². The van der Waals surface area contributed by atoms with Gasteiger partial charge in [-0.15, -0.1) is 0 Å². The number of benzene rings is 3. The molecule has 58 heavy (non-hydrogen) atoms. The molecule has 1 aliphatic carbocycles. The van der Waals surface area contributed by atoms with Crippen LogP contribution in [0.3, 0.4) is 0 Å². The number of thioether (sulfide) groups is 1. The third-order valence-corrected chi connectivity index (χ3v) is 8.73. The average Bonchev–Trinajstić information content (AvgIpc) is 3.60. The van der Waals surface area contributed by atoms with Crippen molar-refractivity contribution in [2.45, 2.75) is 62.8 Å². The number of thiol groups is 1. The molecular weight excluding hydrogens is 795 g/mol. The van der Waals surface area contributed by atoms with Crippen LogP contribution in [0.25, 0.3) is 5.57 Å². The van der Waals surface area contributed by atoms with Gasteiger partial charge in [-0.1, -0.05) is 72.8 Å². The first kappa shape index (κ1) is 52.6. The van der Waals surface area contributed by atoms with Crippen LogP contribution < -0.4 is 28.3 Å². The maximum atomic E-state index is 11.1. The van der Waals surface area contributed by atoms with Crippen molar-refractivity contribution in [1.29, 1.82) is 0 Å². The van der Waals surface area contributed by atoms with Crippen LogP contribution >= 0.6 is 24.4 Å². The molecule has 0 fully saturated rings. The molecule has 5 atom stereocenters. The Hall–Kier alpha value is -5.44. The van der Waals surface area contributed by atoms with Crippen LogP contribution in [0.2, 0.25) is 0 Å². The number of carboxylic acids is 6. The lowest BCUT2D eigenvalue weighted by molar-refractivity contribution is -0.144. The van der Waals surface area contributed by atoms with Crippen molar-refractivity contribution in [3.05, 3.63) is 107 Å². The highest BCUT2D eigenvalue weighted by Gasteiger charge is 2.19. The summed E-state index contributed by atoms with van der Waals surface area (Å²) in [5, 5.41) is 53.4. The van der Waals surface area contributed by atoms with E-state index in [0.717, 1.165) is 28.9 Å². The molecule has 0 amide bonds. The Balaban J connectivity index is 0.000000736. The summed E-state index contributed by atoms with van der Waals surface area (Å²) < 4.78 is 0. The number of anilines is 1. The Morgan fingerprint density at radius 3 is 1.69 bits per heavy atom. The van der Waals surface area contributed by atoms with Gasteiger partial charge in [0.1, 0.15) is 24.2 Å². The maximum Gasteiger partial charge on any atom is 0.337 e. The number of rotatable bonds is 16. The first-order valence-corrected chi connectivity index (χ1v) is 19.5. The van der Waals surface area contributed by atoms with Crippen molar-refractivity contribution in [1.82, 2.24) is 0 Å². The van der Waals surface area contributed by atoms with Gasteiger partial charge in [-0.3, -0.25) is 24.0 Å². The third kappa shape index (κ3) is 21.8. The number of carbonyl (C=O) groups is 6. The molecule has 0 heterocycles. The van der Waals surface area contributed by atoms with Gasteiger partial charge < -0.3 is 58.9 Å². The van der Waals surface area contributed by atoms with Gasteiger partial charge >= 0.3 is 35.8 Å². The van der Waals surface area contributed by atoms with E-state index in [9.17, 15) is 28.8 Å². The van der Waals surface area contributed by atoms with E-state index < -0.39 is 66.4 Å². The van der Waals surface area contributed by atoms with Crippen LogP contribution in [0.15, 0.2) is 84.9 Å². The summed E-state index contributed by atoms with van der Waals surface area (Å²) in [6.07, 6.45) is 5.30. The van der Waals surface area contributed by atoms with Crippen LogP contribution in [0.1, 0.15) is 59.3 Å². The minimum Gasteiger partial charge on any atom is -0.481 e. The Bertz CT molecular complexity index is 1800. The molecule has 1 aliphatic rings. The van der Waals surface area contributed by atoms with E-state index in [1.54, 1.807) is 30.0 Å². The van der Waals surface area contributed by atoms with Crippen molar-refractivity contribution >= 4 is 71.5 Å². The number of nitrogens with one attached hydrogen (secondary N) is 1. The van der Waals surface area contributed by atoms with Gasteiger partial charge in [0.2, 0.25) is 0 Å². The van der Waals surface area contributed by atoms with E-state index in [1.165, 1.54) is 5.56 Å². The number of hydrogen-bond donors (Lipinski definition) is 12. The second-order valence-corrected chi connectivity index (χ2v) is 13.6. The molecule has 4 rings (SSSR count). The lowest BCUT2D eigenvalue weighted by atomic mass is 10.0. The van der Waals surface area contributed by atoms with Gasteiger partial charge in [0.15, 0.2) is 0 Å². The molecular formula is C39H53N5O12S2. The largest absolute Gasteiger partial charge is 0.481 e. The number of carboxylic acid groups (broad SMARTS) is 6. The zero-order chi connectivity index (χ0) is 44.4. The summed E-state index contributed by atoms with van der Waals surface area (Å²) in [5.41, 5.74) is 26.0. The van der Waals surface area contributed by atoms with Crippen LogP contribution in [-0.2, 0) is 30.4 Å². The number of para-hydroxylation sites is 1. The topological polar surface area (TPSA) is 340 Å². The number of allylic oxidation sites excluding steroid dienone is 1. The van der Waals surface area contributed by atoms with E-state index >= 15 is 0 Å². The highest BCUT2D eigenvalue weighted by Crippen LogP contribution is 2.30. The molecule has 0 saturated carbocycles. The summed E-state index contributed by atoms with van der Waals surface area (Å²) >= 11 is 5.25. The number of aliphatic carboxylic acids is 5. The minimum atomic E-state index is -1.29. The van der Waals surface area contributed by atoms with E-state index in [-0.39, 0.29) is 11.8 Å². The highest BCUT2D eigenvalue weighted by atomic mass is 32.2. The fourth-order valence-corrected chi connectivity index (χ4v) is 5.09. The summed E-state index contributed by atoms with van der Waals surface area (Å²) in [4.78, 5) is 61.2. The Kier molecular flexibility index (Phi) is 26.2. The van der Waals surface area contributed by atoms with Gasteiger partial charge in [0.25, 0.3) is 0 Å². The first-order valence-electron chi connectivity index (χ1n) is 17.4. The number of aromatic carboxylic acids is 1. The predicted octanol–water partition coefficient (Wildman–Crippen LogP) is 3.34. The van der Waals surface area contributed by atoms with Crippen molar-refractivity contribution in [2.24, 2.45) is 22.9 Å². The van der Waals surface area contributed by atoms with E-state index in [1.807, 2.05) is 67.8 Å². The van der Waals surface area contributed by atoms with Gasteiger partial charge in [-0.25, -0.2) is 4.79 Å². The van der Waals surface area contributed by atoms with Gasteiger partial charge in [0.05, 0.1) is 12.0 Å². The van der Waals surface area contributed by atoms with Gasteiger partial charge in [-0.05, 0) is 72.6 Å². The molecule has 0 spiro atoms. The normalized spacial score (nSPS) is 13.3. The predicted molar refractivity (Wildman–Crippen MR) is 226 cm³/mol. The van der Waals surface area contributed by atoms with Gasteiger partial charge in [-0.2, -0.15) is 24.4 Å². The molecule has 5 unspecified atom stereocenters. The van der Waals surface area contributed by atoms with Crippen LogP contribution in [-0.4, -0.2) is 108 Å². The second-order valence-electron chi connectivity index (χ2n) is 12.3. The monoisotopic (exact) mass is 847 g/mol. The number of hydrogen-bond acceptors (Lipinski definition) is 13. The van der Waals surface area contributed by atoms with E-state index in [0.29, 0.717) is 24.1 Å². The fraction of sp³-hybridized carbons (Fsp3) is 0.333. The molecule has 0 bridgehead atoms. The molecule has 19 heteroatoms. The molecule has 0 aromatic heterocycles. The Morgan fingerprint density at radius 1 is 0.707 bits per heavy atom. The zero-order valence-electron chi connectivity index (χ0n) is 32.0. The summed E-state index contributed by atoms with van der Waals surface area (Å²) in [6.45, 7) is 2.01.